The molecule has 278 valence electrons. The van der Waals surface area contributed by atoms with Gasteiger partial charge in [-0.15, -0.1) is 11.3 Å². The van der Waals surface area contributed by atoms with Crippen LogP contribution in [0, 0.1) is 0 Å². The van der Waals surface area contributed by atoms with E-state index in [1.807, 2.05) is 18.2 Å². The third-order valence-electron chi connectivity index (χ3n) is 12.1. The van der Waals surface area contributed by atoms with Crippen molar-refractivity contribution in [1.82, 2.24) is 15.0 Å². The summed E-state index contributed by atoms with van der Waals surface area (Å²) in [6.45, 7) is 0. The van der Waals surface area contributed by atoms with Crippen LogP contribution in [0.4, 0.5) is 0 Å². The summed E-state index contributed by atoms with van der Waals surface area (Å²) in [5.74, 6) is 1.93. The molecule has 0 spiro atoms. The molecule has 0 saturated heterocycles. The number of hydrogen-bond donors (Lipinski definition) is 0. The molecular weight excluding hydrogens is 751 g/mol. The highest BCUT2D eigenvalue weighted by atomic mass is 32.1. The zero-order valence-electron chi connectivity index (χ0n) is 32.1. The highest BCUT2D eigenvalue weighted by Crippen LogP contribution is 2.47. The number of fused-ring (bicyclic) bond motifs is 13. The molecule has 3 heterocycles. The van der Waals surface area contributed by atoms with Crippen LogP contribution < -0.4 is 0 Å². The smallest absolute Gasteiger partial charge is 0.164 e. The lowest BCUT2D eigenvalue weighted by molar-refractivity contribution is 0.677. The topological polar surface area (TPSA) is 51.8 Å². The van der Waals surface area contributed by atoms with E-state index in [2.05, 4.69) is 170 Å². The van der Waals surface area contributed by atoms with Gasteiger partial charge in [0.15, 0.2) is 17.5 Å². The maximum atomic E-state index is 7.09. The largest absolute Gasteiger partial charge is 0.455 e. The monoisotopic (exact) mass is 781 g/mol. The van der Waals surface area contributed by atoms with Gasteiger partial charge < -0.3 is 4.42 Å². The van der Waals surface area contributed by atoms with E-state index in [4.69, 9.17) is 19.4 Å². The minimum absolute atomic E-state index is 0.633. The maximum Gasteiger partial charge on any atom is 0.164 e. The van der Waals surface area contributed by atoms with Crippen LogP contribution in [0.25, 0.3) is 130 Å². The summed E-state index contributed by atoms with van der Waals surface area (Å²) in [5.41, 5.74) is 6.95. The molecule has 0 radical (unpaired) electrons. The molecule has 10 aromatic carbocycles. The van der Waals surface area contributed by atoms with Crippen molar-refractivity contribution in [2.75, 3.05) is 0 Å². The molecule has 0 fully saturated rings. The van der Waals surface area contributed by atoms with E-state index < -0.39 is 0 Å². The van der Waals surface area contributed by atoms with Crippen LogP contribution in [0.5, 0.6) is 0 Å². The number of rotatable bonds is 4. The number of hydrogen-bond acceptors (Lipinski definition) is 5. The summed E-state index contributed by atoms with van der Waals surface area (Å²) in [4.78, 5) is 15.7. The predicted octanol–water partition coefficient (Wildman–Crippen LogP) is 15.4. The van der Waals surface area contributed by atoms with Crippen molar-refractivity contribution in [1.29, 1.82) is 0 Å². The molecule has 0 aliphatic rings. The number of nitrogens with zero attached hydrogens (tertiary/aromatic N) is 3. The molecule has 3 aromatic heterocycles. The molecule has 0 unspecified atom stereocenters. The molecule has 0 aliphatic carbocycles. The maximum absolute atomic E-state index is 7.09. The predicted molar refractivity (Wildman–Crippen MR) is 252 cm³/mol. The van der Waals surface area contributed by atoms with Gasteiger partial charge in [-0.25, -0.2) is 15.0 Å². The third kappa shape index (κ3) is 4.93. The Labute approximate surface area is 347 Å². The Kier molecular flexibility index (Phi) is 7.14. The zero-order chi connectivity index (χ0) is 39.3. The second kappa shape index (κ2) is 12.9. The fourth-order valence-electron chi connectivity index (χ4n) is 9.39. The third-order valence-corrected chi connectivity index (χ3v) is 13.2. The van der Waals surface area contributed by atoms with Crippen LogP contribution in [0.2, 0.25) is 0 Å². The van der Waals surface area contributed by atoms with E-state index >= 15 is 0 Å². The van der Waals surface area contributed by atoms with Crippen molar-refractivity contribution >= 4 is 96.5 Å². The van der Waals surface area contributed by atoms with Crippen molar-refractivity contribution in [3.05, 3.63) is 188 Å². The molecule has 0 amide bonds. The van der Waals surface area contributed by atoms with Gasteiger partial charge >= 0.3 is 0 Å². The van der Waals surface area contributed by atoms with Gasteiger partial charge in [-0.05, 0) is 73.8 Å². The van der Waals surface area contributed by atoms with Gasteiger partial charge in [0, 0.05) is 58.4 Å². The SMILES string of the molecule is c1ccc(-c2nc(-c3ccc(-c4cc5ccc6ccccc6c5c5oc6c7ccccc7ccc6c45)c4ccccc34)nc(-c3cccc4sc5ccccc5c34)n2)cc1. The molecule has 0 N–H and O–H groups in total. The summed E-state index contributed by atoms with van der Waals surface area (Å²) in [7, 11) is 0. The first-order chi connectivity index (χ1) is 29.7. The van der Waals surface area contributed by atoms with Gasteiger partial charge in [0.25, 0.3) is 0 Å². The minimum atomic E-state index is 0.633. The number of aromatic nitrogens is 3. The average molecular weight is 782 g/mol. The van der Waals surface area contributed by atoms with E-state index in [0.717, 1.165) is 82.1 Å². The van der Waals surface area contributed by atoms with Crippen molar-refractivity contribution in [3.63, 3.8) is 0 Å². The van der Waals surface area contributed by atoms with Gasteiger partial charge in [0.1, 0.15) is 11.2 Å². The zero-order valence-corrected chi connectivity index (χ0v) is 32.9. The summed E-state index contributed by atoms with van der Waals surface area (Å²) in [6, 6.07) is 66.7. The van der Waals surface area contributed by atoms with Gasteiger partial charge in [-0.3, -0.25) is 0 Å². The Morgan fingerprint density at radius 1 is 0.317 bits per heavy atom. The van der Waals surface area contributed by atoms with Crippen LogP contribution in [-0.4, -0.2) is 15.0 Å². The number of thiophene rings is 1. The van der Waals surface area contributed by atoms with Crippen LogP contribution in [-0.2, 0) is 0 Å². The van der Waals surface area contributed by atoms with Crippen molar-refractivity contribution in [2.45, 2.75) is 0 Å². The molecule has 13 aromatic rings. The Bertz CT molecular complexity index is 3900. The molecule has 0 atom stereocenters. The highest BCUT2D eigenvalue weighted by Gasteiger charge is 2.23. The van der Waals surface area contributed by atoms with Crippen LogP contribution in [0.3, 0.4) is 0 Å². The Balaban J connectivity index is 1.09. The summed E-state index contributed by atoms with van der Waals surface area (Å²) >= 11 is 1.80. The molecule has 0 bridgehead atoms. The first kappa shape index (κ1) is 33.3. The Hall–Kier alpha value is -7.73. The molecule has 4 nitrogen and oxygen atoms in total. The standard InChI is InChI=1S/C55H31N3OS/c1-2-15-34(16-3-1)53-56-54(58-55(57-53)44-22-12-24-47-49(44)42-21-10-11-23-46(42)60-47)41-30-29-40(38-19-8-9-20-39(38)41)45-31-35-26-25-32-13-4-6-17-36(32)48(35)52-50(45)43-28-27-33-14-5-7-18-37(33)51(43)59-52/h1-31H. The fourth-order valence-corrected chi connectivity index (χ4v) is 10.5. The molecule has 5 heteroatoms. The first-order valence-corrected chi connectivity index (χ1v) is 21.0. The molecule has 0 saturated carbocycles. The molecule has 0 aliphatic heterocycles. The van der Waals surface area contributed by atoms with E-state index in [-0.39, 0.29) is 0 Å². The van der Waals surface area contributed by atoms with Crippen LogP contribution in [0.1, 0.15) is 0 Å². The molecular formula is C55H31N3OS. The summed E-state index contributed by atoms with van der Waals surface area (Å²) < 4.78 is 9.54. The van der Waals surface area contributed by atoms with Crippen molar-refractivity contribution < 1.29 is 4.42 Å². The van der Waals surface area contributed by atoms with Gasteiger partial charge in [-0.2, -0.15) is 0 Å². The first-order valence-electron chi connectivity index (χ1n) is 20.2. The van der Waals surface area contributed by atoms with E-state index in [1.54, 1.807) is 11.3 Å². The van der Waals surface area contributed by atoms with Gasteiger partial charge in [0.2, 0.25) is 0 Å². The summed E-state index contributed by atoms with van der Waals surface area (Å²) in [5, 5.41) is 13.7. The lowest BCUT2D eigenvalue weighted by Crippen LogP contribution is -2.01. The molecule has 60 heavy (non-hydrogen) atoms. The quantitative estimate of drug-likeness (QED) is 0.167. The van der Waals surface area contributed by atoms with Crippen LogP contribution in [0.15, 0.2) is 192 Å². The fraction of sp³-hybridized carbons (Fsp3) is 0. The van der Waals surface area contributed by atoms with Gasteiger partial charge in [0.05, 0.1) is 0 Å². The lowest BCUT2D eigenvalue weighted by Gasteiger charge is -2.15. The van der Waals surface area contributed by atoms with Crippen molar-refractivity contribution in [2.24, 2.45) is 0 Å². The van der Waals surface area contributed by atoms with Crippen molar-refractivity contribution in [3.8, 4) is 45.3 Å². The number of furan rings is 1. The van der Waals surface area contributed by atoms with Crippen LogP contribution >= 0.6 is 11.3 Å². The highest BCUT2D eigenvalue weighted by molar-refractivity contribution is 7.25. The Morgan fingerprint density at radius 3 is 1.75 bits per heavy atom. The Morgan fingerprint density at radius 2 is 0.917 bits per heavy atom. The second-order valence-corrected chi connectivity index (χ2v) is 16.5. The van der Waals surface area contributed by atoms with E-state index in [9.17, 15) is 0 Å². The van der Waals surface area contributed by atoms with E-state index in [1.165, 1.54) is 30.9 Å². The van der Waals surface area contributed by atoms with Gasteiger partial charge in [-0.1, -0.05) is 158 Å². The average Bonchev–Trinajstić information content (AvgIpc) is 3.91. The number of benzene rings is 10. The second-order valence-electron chi connectivity index (χ2n) is 15.4. The summed E-state index contributed by atoms with van der Waals surface area (Å²) in [6.07, 6.45) is 0. The normalized spacial score (nSPS) is 12.0. The lowest BCUT2D eigenvalue weighted by atomic mass is 9.89. The van der Waals surface area contributed by atoms with E-state index in [0.29, 0.717) is 17.5 Å². The minimum Gasteiger partial charge on any atom is -0.455 e. The molecule has 13 rings (SSSR count).